The average molecular weight is 312 g/mol. The Bertz CT molecular complexity index is 615. The summed E-state index contributed by atoms with van der Waals surface area (Å²) in [6, 6.07) is 0. The van der Waals surface area contributed by atoms with Gasteiger partial charge in [-0.25, -0.2) is 0 Å². The maximum atomic E-state index is 12.5. The van der Waals surface area contributed by atoms with Gasteiger partial charge in [0.1, 0.15) is 5.78 Å². The van der Waals surface area contributed by atoms with Crippen molar-refractivity contribution in [3.05, 3.63) is 24.3 Å². The number of rotatable bonds is 1. The highest BCUT2D eigenvalue weighted by molar-refractivity contribution is 5.98. The number of carbonyl (C=O) groups is 2. The lowest BCUT2D eigenvalue weighted by Crippen LogP contribution is -2.51. The Kier molecular flexibility index (Phi) is 3.28. The van der Waals surface area contributed by atoms with Crippen LogP contribution in [0.15, 0.2) is 24.3 Å². The Morgan fingerprint density at radius 3 is 2.70 bits per heavy atom. The van der Waals surface area contributed by atoms with Crippen molar-refractivity contribution in [2.24, 2.45) is 34.5 Å². The first kappa shape index (κ1) is 15.4. The fourth-order valence-electron chi connectivity index (χ4n) is 6.65. The molecular weight excluding hydrogens is 284 g/mol. The van der Waals surface area contributed by atoms with E-state index in [0.717, 1.165) is 38.5 Å². The van der Waals surface area contributed by atoms with Crippen LogP contribution in [0.25, 0.3) is 0 Å². The Balaban J connectivity index is 1.70. The largest absolute Gasteiger partial charge is 0.300 e. The molecule has 3 fully saturated rings. The Morgan fingerprint density at radius 1 is 1.17 bits per heavy atom. The van der Waals surface area contributed by atoms with Gasteiger partial charge in [-0.05, 0) is 61.3 Å². The summed E-state index contributed by atoms with van der Waals surface area (Å²) in [5.41, 5.74) is 1.72. The van der Waals surface area contributed by atoms with Crippen LogP contribution in [-0.2, 0) is 9.59 Å². The molecule has 23 heavy (non-hydrogen) atoms. The first-order valence-electron chi connectivity index (χ1n) is 9.30. The summed E-state index contributed by atoms with van der Waals surface area (Å²) in [6.45, 7) is 8.65. The van der Waals surface area contributed by atoms with E-state index in [9.17, 15) is 9.59 Å². The predicted molar refractivity (Wildman–Crippen MR) is 90.8 cm³/mol. The minimum absolute atomic E-state index is 0.00762. The van der Waals surface area contributed by atoms with Crippen molar-refractivity contribution < 1.29 is 9.59 Å². The van der Waals surface area contributed by atoms with E-state index in [2.05, 4.69) is 20.4 Å². The molecule has 0 aromatic rings. The van der Waals surface area contributed by atoms with Gasteiger partial charge in [0.25, 0.3) is 0 Å². The first-order chi connectivity index (χ1) is 10.9. The van der Waals surface area contributed by atoms with Gasteiger partial charge in [-0.1, -0.05) is 25.5 Å². The minimum atomic E-state index is -0.0167. The molecule has 2 nitrogen and oxygen atoms in total. The van der Waals surface area contributed by atoms with Crippen LogP contribution in [0.4, 0.5) is 0 Å². The molecule has 3 saturated carbocycles. The van der Waals surface area contributed by atoms with Gasteiger partial charge in [0.2, 0.25) is 0 Å². The molecule has 4 rings (SSSR count). The highest BCUT2D eigenvalue weighted by Gasteiger charge is 2.58. The van der Waals surface area contributed by atoms with Gasteiger partial charge in [-0.3, -0.25) is 9.59 Å². The van der Waals surface area contributed by atoms with E-state index in [4.69, 9.17) is 0 Å². The second-order valence-electron chi connectivity index (χ2n) is 8.91. The van der Waals surface area contributed by atoms with E-state index < -0.39 is 0 Å². The lowest BCUT2D eigenvalue weighted by molar-refractivity contribution is -0.131. The fourth-order valence-corrected chi connectivity index (χ4v) is 6.65. The molecule has 0 radical (unpaired) electrons. The highest BCUT2D eigenvalue weighted by Crippen LogP contribution is 2.65. The number of ketones is 2. The van der Waals surface area contributed by atoms with Gasteiger partial charge < -0.3 is 0 Å². The van der Waals surface area contributed by atoms with Gasteiger partial charge in [0.15, 0.2) is 5.78 Å². The number of Topliss-reactive ketones (excluding diaryl/α,β-unsaturated/α-hetero) is 1. The van der Waals surface area contributed by atoms with Crippen LogP contribution in [0.1, 0.15) is 58.8 Å². The molecule has 0 heterocycles. The van der Waals surface area contributed by atoms with Gasteiger partial charge >= 0.3 is 0 Å². The quantitative estimate of drug-likeness (QED) is 0.668. The smallest absolute Gasteiger partial charge is 0.163 e. The molecule has 0 bridgehead atoms. The van der Waals surface area contributed by atoms with Gasteiger partial charge in [-0.2, -0.15) is 0 Å². The van der Waals surface area contributed by atoms with Crippen molar-refractivity contribution in [2.75, 3.05) is 0 Å². The second-order valence-corrected chi connectivity index (χ2v) is 8.91. The topological polar surface area (TPSA) is 34.1 Å². The van der Waals surface area contributed by atoms with Gasteiger partial charge in [-0.15, -0.1) is 6.58 Å². The monoisotopic (exact) mass is 312 g/mol. The van der Waals surface area contributed by atoms with E-state index in [1.54, 1.807) is 0 Å². The molecule has 6 atom stereocenters. The molecule has 2 heteroatoms. The van der Waals surface area contributed by atoms with Gasteiger partial charge in [0.05, 0.1) is 0 Å². The molecule has 0 spiro atoms. The average Bonchev–Trinajstić information content (AvgIpc) is 2.77. The molecule has 0 aromatic carbocycles. The first-order valence-corrected chi connectivity index (χ1v) is 9.30. The fraction of sp³-hybridized carbons (Fsp3) is 0.714. The molecule has 4 aliphatic rings. The normalized spacial score (nSPS) is 49.0. The summed E-state index contributed by atoms with van der Waals surface area (Å²) in [5.74, 6) is 2.50. The summed E-state index contributed by atoms with van der Waals surface area (Å²) < 4.78 is 0. The molecule has 124 valence electrons. The van der Waals surface area contributed by atoms with Crippen LogP contribution in [0.3, 0.4) is 0 Å². The molecule has 0 aromatic heterocycles. The maximum Gasteiger partial charge on any atom is 0.163 e. The number of hydrogen-bond acceptors (Lipinski definition) is 2. The summed E-state index contributed by atoms with van der Waals surface area (Å²) in [4.78, 5) is 24.4. The van der Waals surface area contributed by atoms with E-state index >= 15 is 0 Å². The van der Waals surface area contributed by atoms with Crippen LogP contribution >= 0.6 is 0 Å². The van der Waals surface area contributed by atoms with Crippen LogP contribution in [0.5, 0.6) is 0 Å². The number of fused-ring (bicyclic) bond motifs is 5. The third-order valence-electron chi connectivity index (χ3n) is 8.07. The van der Waals surface area contributed by atoms with E-state index in [1.165, 1.54) is 12.0 Å². The Morgan fingerprint density at radius 2 is 1.96 bits per heavy atom. The van der Waals surface area contributed by atoms with E-state index in [1.807, 2.05) is 12.2 Å². The zero-order valence-corrected chi connectivity index (χ0v) is 14.4. The predicted octanol–water partition coefficient (Wildman–Crippen LogP) is 4.50. The molecule has 0 aliphatic heterocycles. The number of allylic oxidation sites excluding steroid dienone is 3. The summed E-state index contributed by atoms with van der Waals surface area (Å²) >= 11 is 0. The summed E-state index contributed by atoms with van der Waals surface area (Å²) in [6.07, 6.45) is 11.1. The number of hydrogen-bond donors (Lipinski definition) is 0. The standard InChI is InChI=1S/C21H28O2/c1-4-16-19(23)12-18-15-6-5-13-11-14(22)7-9-20(13,2)17(15)8-10-21(16,18)3/h4,12-13,15-17H,1,5-11H2,2-3H3/t13?,15-,16+,17+,20+,21-/m1/s1. The Hall–Kier alpha value is -1.18. The van der Waals surface area contributed by atoms with E-state index in [0.29, 0.717) is 29.0 Å². The third-order valence-corrected chi connectivity index (χ3v) is 8.07. The molecule has 0 saturated heterocycles. The summed E-state index contributed by atoms with van der Waals surface area (Å²) in [5, 5.41) is 0. The molecule has 4 aliphatic carbocycles. The van der Waals surface area contributed by atoms with Crippen molar-refractivity contribution in [1.82, 2.24) is 0 Å². The highest BCUT2D eigenvalue weighted by atomic mass is 16.1. The van der Waals surface area contributed by atoms with Crippen molar-refractivity contribution in [3.8, 4) is 0 Å². The van der Waals surface area contributed by atoms with Crippen LogP contribution in [0.2, 0.25) is 0 Å². The van der Waals surface area contributed by atoms with Crippen molar-refractivity contribution in [2.45, 2.75) is 58.8 Å². The SMILES string of the molecule is C=C[C@H]1C(=O)C=C2[C@@H]3CCC4CC(=O)CC[C@]4(C)[C@H]3CC[C@@]21C. The van der Waals surface area contributed by atoms with Crippen molar-refractivity contribution >= 4 is 11.6 Å². The molecule has 1 unspecified atom stereocenters. The minimum Gasteiger partial charge on any atom is -0.300 e. The van der Waals surface area contributed by atoms with Crippen molar-refractivity contribution in [3.63, 3.8) is 0 Å². The zero-order chi connectivity index (χ0) is 16.4. The Labute approximate surface area is 139 Å². The third kappa shape index (κ3) is 1.93. The van der Waals surface area contributed by atoms with E-state index in [-0.39, 0.29) is 17.1 Å². The van der Waals surface area contributed by atoms with Crippen LogP contribution < -0.4 is 0 Å². The van der Waals surface area contributed by atoms with Crippen molar-refractivity contribution in [1.29, 1.82) is 0 Å². The van der Waals surface area contributed by atoms with Crippen LogP contribution in [0, 0.1) is 34.5 Å². The van der Waals surface area contributed by atoms with Gasteiger partial charge in [0, 0.05) is 24.2 Å². The van der Waals surface area contributed by atoms with Crippen LogP contribution in [-0.4, -0.2) is 11.6 Å². The molecular formula is C21H28O2. The zero-order valence-electron chi connectivity index (χ0n) is 14.4. The second kappa shape index (κ2) is 4.91. The number of carbonyl (C=O) groups excluding carboxylic acids is 2. The lowest BCUT2D eigenvalue weighted by Gasteiger charge is -2.58. The maximum absolute atomic E-state index is 12.5. The molecule has 0 N–H and O–H groups in total. The summed E-state index contributed by atoms with van der Waals surface area (Å²) in [7, 11) is 0. The lowest BCUT2D eigenvalue weighted by atomic mass is 9.46. The molecule has 0 amide bonds.